The highest BCUT2D eigenvalue weighted by Gasteiger charge is 2.30. The van der Waals surface area contributed by atoms with Crippen LogP contribution >= 0.6 is 0 Å². The molecule has 0 aliphatic carbocycles. The van der Waals surface area contributed by atoms with Gasteiger partial charge in [0.25, 0.3) is 0 Å². The molecule has 0 aliphatic rings. The van der Waals surface area contributed by atoms with Crippen LogP contribution in [0.25, 0.3) is 11.0 Å². The van der Waals surface area contributed by atoms with Crippen LogP contribution in [0, 0.1) is 12.8 Å². The van der Waals surface area contributed by atoms with Crippen LogP contribution in [0.5, 0.6) is 0 Å². The van der Waals surface area contributed by atoms with Gasteiger partial charge in [0.15, 0.2) is 0 Å². The predicted molar refractivity (Wildman–Crippen MR) is 129 cm³/mol. The van der Waals surface area contributed by atoms with Crippen molar-refractivity contribution in [2.75, 3.05) is 7.05 Å². The Morgan fingerprint density at radius 1 is 1.03 bits per heavy atom. The number of fused-ring (bicyclic) bond motifs is 1. The Kier molecular flexibility index (Phi) is 6.58. The second kappa shape index (κ2) is 9.41. The van der Waals surface area contributed by atoms with Gasteiger partial charge in [-0.05, 0) is 55.2 Å². The molecule has 7 nitrogen and oxygen atoms in total. The first-order valence-corrected chi connectivity index (χ1v) is 12.5. The number of nitrogens with zero attached hydrogens (tertiary/aromatic N) is 5. The van der Waals surface area contributed by atoms with Crippen molar-refractivity contribution in [1.29, 1.82) is 0 Å². The Labute approximate surface area is 195 Å². The normalized spacial score (nSPS) is 13.2. The van der Waals surface area contributed by atoms with E-state index in [0.717, 1.165) is 28.1 Å². The summed E-state index contributed by atoms with van der Waals surface area (Å²) in [5.74, 6) is 1.21. The molecule has 1 atom stereocenters. The number of sulfonamides is 1. The van der Waals surface area contributed by atoms with E-state index in [1.807, 2.05) is 43.3 Å². The number of benzene rings is 1. The summed E-state index contributed by atoms with van der Waals surface area (Å²) in [6.45, 7) is 6.73. The SMILES string of the molecule is Cc1nc2cnccc2n1Cc1ccc(S(=O)(=O)N(C)C(CC(C)C)c2ccccn2)cc1. The number of pyridine rings is 2. The van der Waals surface area contributed by atoms with Crippen molar-refractivity contribution in [1.82, 2.24) is 23.8 Å². The van der Waals surface area contributed by atoms with Crippen LogP contribution in [0.2, 0.25) is 0 Å². The lowest BCUT2D eigenvalue weighted by Gasteiger charge is -2.28. The van der Waals surface area contributed by atoms with Crippen molar-refractivity contribution in [3.8, 4) is 0 Å². The van der Waals surface area contributed by atoms with Crippen molar-refractivity contribution < 1.29 is 8.42 Å². The molecular weight excluding hydrogens is 434 g/mol. The Morgan fingerprint density at radius 2 is 1.79 bits per heavy atom. The molecule has 8 heteroatoms. The summed E-state index contributed by atoms with van der Waals surface area (Å²) in [6, 6.07) is 14.3. The molecule has 0 saturated heterocycles. The number of rotatable bonds is 8. The quantitative estimate of drug-likeness (QED) is 0.382. The molecule has 1 aromatic carbocycles. The van der Waals surface area contributed by atoms with Crippen LogP contribution in [0.15, 0.2) is 72.0 Å². The minimum atomic E-state index is -3.69. The first-order valence-electron chi connectivity index (χ1n) is 11.0. The molecule has 3 heterocycles. The zero-order valence-electron chi connectivity index (χ0n) is 19.4. The van der Waals surface area contributed by atoms with Gasteiger partial charge in [-0.1, -0.05) is 32.0 Å². The van der Waals surface area contributed by atoms with Crippen molar-refractivity contribution in [2.45, 2.75) is 44.7 Å². The van der Waals surface area contributed by atoms with Gasteiger partial charge in [0.2, 0.25) is 10.0 Å². The Morgan fingerprint density at radius 3 is 2.45 bits per heavy atom. The van der Waals surface area contributed by atoms with Gasteiger partial charge < -0.3 is 4.57 Å². The van der Waals surface area contributed by atoms with Gasteiger partial charge in [0, 0.05) is 26.0 Å². The van der Waals surface area contributed by atoms with Crippen LogP contribution in [-0.4, -0.2) is 39.3 Å². The fraction of sp³-hybridized carbons (Fsp3) is 0.320. The van der Waals surface area contributed by atoms with Crippen LogP contribution in [0.3, 0.4) is 0 Å². The zero-order valence-corrected chi connectivity index (χ0v) is 20.2. The van der Waals surface area contributed by atoms with Gasteiger partial charge in [-0.2, -0.15) is 4.31 Å². The molecule has 0 amide bonds. The lowest BCUT2D eigenvalue weighted by molar-refractivity contribution is 0.318. The van der Waals surface area contributed by atoms with Gasteiger partial charge in [0.05, 0.1) is 28.3 Å². The Balaban J connectivity index is 1.59. The smallest absolute Gasteiger partial charge is 0.243 e. The van der Waals surface area contributed by atoms with E-state index in [9.17, 15) is 8.42 Å². The van der Waals surface area contributed by atoms with E-state index in [2.05, 4.69) is 33.4 Å². The van der Waals surface area contributed by atoms with Crippen molar-refractivity contribution in [2.24, 2.45) is 5.92 Å². The van der Waals surface area contributed by atoms with Gasteiger partial charge >= 0.3 is 0 Å². The molecule has 0 fully saturated rings. The molecule has 0 bridgehead atoms. The van der Waals surface area contributed by atoms with Crippen LogP contribution < -0.4 is 0 Å². The molecule has 1 unspecified atom stereocenters. The zero-order chi connectivity index (χ0) is 23.6. The largest absolute Gasteiger partial charge is 0.324 e. The van der Waals surface area contributed by atoms with Gasteiger partial charge in [-0.3, -0.25) is 9.97 Å². The number of hydrogen-bond acceptors (Lipinski definition) is 5. The van der Waals surface area contributed by atoms with Crippen LogP contribution in [0.1, 0.15) is 43.4 Å². The number of imidazole rings is 1. The maximum Gasteiger partial charge on any atom is 0.243 e. The van der Waals surface area contributed by atoms with Gasteiger partial charge in [0.1, 0.15) is 11.3 Å². The molecule has 0 saturated carbocycles. The highest BCUT2D eigenvalue weighted by Crippen LogP contribution is 2.30. The monoisotopic (exact) mass is 463 g/mol. The highest BCUT2D eigenvalue weighted by atomic mass is 32.2. The standard InChI is InChI=1S/C25H29N5O2S/c1-18(2)15-25(22-7-5-6-13-27-22)29(4)33(31,32)21-10-8-20(9-11-21)17-30-19(3)28-23-16-26-14-12-24(23)30/h5-14,16,18,25H,15,17H2,1-4H3. The molecule has 0 aliphatic heterocycles. The lowest BCUT2D eigenvalue weighted by atomic mass is 10.0. The maximum absolute atomic E-state index is 13.5. The lowest BCUT2D eigenvalue weighted by Crippen LogP contribution is -2.32. The predicted octanol–water partition coefficient (Wildman–Crippen LogP) is 4.59. The molecule has 0 radical (unpaired) electrons. The average molecular weight is 464 g/mol. The molecule has 0 N–H and O–H groups in total. The summed E-state index contributed by atoms with van der Waals surface area (Å²) in [5.41, 5.74) is 3.61. The summed E-state index contributed by atoms with van der Waals surface area (Å²) in [5, 5.41) is 0. The van der Waals surface area contributed by atoms with Gasteiger partial charge in [-0.25, -0.2) is 13.4 Å². The molecule has 33 heavy (non-hydrogen) atoms. The summed E-state index contributed by atoms with van der Waals surface area (Å²) in [7, 11) is -2.05. The molecular formula is C25H29N5O2S. The van der Waals surface area contributed by atoms with E-state index < -0.39 is 10.0 Å². The van der Waals surface area contributed by atoms with E-state index in [1.165, 1.54) is 4.31 Å². The average Bonchev–Trinajstić information content (AvgIpc) is 3.13. The summed E-state index contributed by atoms with van der Waals surface area (Å²) in [6.07, 6.45) is 5.89. The molecule has 172 valence electrons. The third kappa shape index (κ3) is 4.82. The second-order valence-corrected chi connectivity index (χ2v) is 10.7. The Bertz CT molecular complexity index is 1330. The van der Waals surface area contributed by atoms with E-state index >= 15 is 0 Å². The minimum Gasteiger partial charge on any atom is -0.324 e. The van der Waals surface area contributed by atoms with Crippen molar-refractivity contribution in [3.63, 3.8) is 0 Å². The van der Waals surface area contributed by atoms with Crippen molar-refractivity contribution in [3.05, 3.63) is 84.2 Å². The molecule has 0 spiro atoms. The topological polar surface area (TPSA) is 81.0 Å². The number of hydrogen-bond donors (Lipinski definition) is 0. The molecule has 4 aromatic rings. The maximum atomic E-state index is 13.5. The second-order valence-electron chi connectivity index (χ2n) is 8.67. The summed E-state index contributed by atoms with van der Waals surface area (Å²) >= 11 is 0. The van der Waals surface area contributed by atoms with E-state index in [-0.39, 0.29) is 10.9 Å². The van der Waals surface area contributed by atoms with E-state index in [1.54, 1.807) is 37.8 Å². The minimum absolute atomic E-state index is 0.273. The van der Waals surface area contributed by atoms with Crippen LogP contribution in [0.4, 0.5) is 0 Å². The van der Waals surface area contributed by atoms with E-state index in [0.29, 0.717) is 18.9 Å². The first-order chi connectivity index (χ1) is 15.8. The fourth-order valence-corrected chi connectivity index (χ4v) is 5.40. The highest BCUT2D eigenvalue weighted by molar-refractivity contribution is 7.89. The van der Waals surface area contributed by atoms with Gasteiger partial charge in [-0.15, -0.1) is 0 Å². The third-order valence-corrected chi connectivity index (χ3v) is 7.73. The third-order valence-electron chi connectivity index (χ3n) is 5.85. The Hall–Kier alpha value is -3.10. The fourth-order valence-electron chi connectivity index (χ4n) is 4.06. The number of aryl methyl sites for hydroxylation is 1. The summed E-state index contributed by atoms with van der Waals surface area (Å²) in [4.78, 5) is 13.4. The van der Waals surface area contributed by atoms with Crippen LogP contribution in [-0.2, 0) is 16.6 Å². The number of aromatic nitrogens is 4. The summed E-state index contributed by atoms with van der Waals surface area (Å²) < 4.78 is 30.5. The van der Waals surface area contributed by atoms with E-state index in [4.69, 9.17) is 0 Å². The molecule has 4 rings (SSSR count). The van der Waals surface area contributed by atoms with Crippen molar-refractivity contribution >= 4 is 21.1 Å². The first kappa shape index (κ1) is 23.1. The molecule has 3 aromatic heterocycles.